The number of hydrogen-bond donors (Lipinski definition) is 2. The number of hydrogen-bond acceptors (Lipinski definition) is 9. The largest absolute Gasteiger partial charge is 0.497 e. The van der Waals surface area contributed by atoms with Crippen LogP contribution in [-0.2, 0) is 4.79 Å². The second-order valence-corrected chi connectivity index (χ2v) is 9.61. The first-order chi connectivity index (χ1) is 15.9. The summed E-state index contributed by atoms with van der Waals surface area (Å²) in [5, 5.41) is 16.4. The molecule has 0 bridgehead atoms. The van der Waals surface area contributed by atoms with Gasteiger partial charge in [0.1, 0.15) is 16.6 Å². The highest BCUT2D eigenvalue weighted by molar-refractivity contribution is 8.01. The minimum absolute atomic E-state index is 0.187. The molecule has 1 amide bonds. The average molecular weight is 487 g/mol. The number of ether oxygens (including phenoxy) is 1. The molecular weight excluding hydrogens is 463 g/mol. The summed E-state index contributed by atoms with van der Waals surface area (Å²) in [6, 6.07) is 13.7. The Hall–Kier alpha value is -3.18. The number of methoxy groups -OCH3 is 1. The molecule has 0 saturated carbocycles. The third kappa shape index (κ3) is 5.09. The fraction of sp³-hybridized carbons (Fsp3) is 0.273. The topological polar surface area (TPSA) is 91.7 Å². The van der Waals surface area contributed by atoms with Crippen molar-refractivity contribution in [3.05, 3.63) is 59.9 Å². The number of benzene rings is 2. The molecule has 11 heteroatoms. The predicted molar refractivity (Wildman–Crippen MR) is 130 cm³/mol. The van der Waals surface area contributed by atoms with Gasteiger partial charge in [-0.3, -0.25) is 15.5 Å². The fourth-order valence-corrected chi connectivity index (χ4v) is 5.10. The maximum Gasteiger partial charge on any atom is 0.236 e. The highest BCUT2D eigenvalue weighted by Gasteiger charge is 2.39. The molecule has 1 aliphatic heterocycles. The van der Waals surface area contributed by atoms with E-state index in [9.17, 15) is 9.18 Å². The van der Waals surface area contributed by atoms with E-state index in [1.54, 1.807) is 19.2 Å². The van der Waals surface area contributed by atoms with E-state index in [-0.39, 0.29) is 17.5 Å². The average Bonchev–Trinajstić information content (AvgIpc) is 3.42. The van der Waals surface area contributed by atoms with E-state index in [1.165, 1.54) is 35.2 Å². The van der Waals surface area contributed by atoms with Crippen molar-refractivity contribution in [2.45, 2.75) is 18.8 Å². The number of carbonyl (C=O) groups excluding carboxylic acids is 1. The van der Waals surface area contributed by atoms with Gasteiger partial charge < -0.3 is 9.64 Å². The zero-order valence-corrected chi connectivity index (χ0v) is 20.0. The normalized spacial score (nSPS) is 17.5. The van der Waals surface area contributed by atoms with Gasteiger partial charge in [-0.25, -0.2) is 4.39 Å². The Morgan fingerprint density at radius 3 is 2.76 bits per heavy atom. The summed E-state index contributed by atoms with van der Waals surface area (Å²) >= 11 is 2.67. The molecule has 2 aromatic carbocycles. The summed E-state index contributed by atoms with van der Waals surface area (Å²) in [7, 11) is 1.63. The molecule has 1 aromatic heterocycles. The first-order valence-corrected chi connectivity index (χ1v) is 12.0. The van der Waals surface area contributed by atoms with Gasteiger partial charge in [0.25, 0.3) is 0 Å². The van der Waals surface area contributed by atoms with Gasteiger partial charge in [-0.15, -0.1) is 22.0 Å². The van der Waals surface area contributed by atoms with Crippen LogP contribution in [0.3, 0.4) is 0 Å². The van der Waals surface area contributed by atoms with Crippen LogP contribution in [-0.4, -0.2) is 51.2 Å². The molecule has 4 rings (SSSR count). The van der Waals surface area contributed by atoms with E-state index >= 15 is 0 Å². The van der Waals surface area contributed by atoms with E-state index in [4.69, 9.17) is 4.74 Å². The lowest BCUT2D eigenvalue weighted by Gasteiger charge is -2.35. The number of hydrazone groups is 1. The van der Waals surface area contributed by atoms with Crippen molar-refractivity contribution in [3.8, 4) is 16.3 Å². The number of carbonyl (C=O) groups is 1. The van der Waals surface area contributed by atoms with Crippen LogP contribution in [0, 0.1) is 5.82 Å². The summed E-state index contributed by atoms with van der Waals surface area (Å²) < 4.78 is 18.4. The minimum Gasteiger partial charge on any atom is -0.497 e. The maximum absolute atomic E-state index is 13.1. The zero-order valence-electron chi connectivity index (χ0n) is 18.3. The van der Waals surface area contributed by atoms with Gasteiger partial charge in [0.15, 0.2) is 10.8 Å². The number of halogens is 1. The molecule has 172 valence electrons. The van der Waals surface area contributed by atoms with Gasteiger partial charge in [-0.1, -0.05) is 23.5 Å². The van der Waals surface area contributed by atoms with Gasteiger partial charge >= 0.3 is 0 Å². The number of thioether (sulfide) groups is 1. The van der Waals surface area contributed by atoms with Gasteiger partial charge in [0.05, 0.1) is 12.9 Å². The quantitative estimate of drug-likeness (QED) is 0.498. The number of amidine groups is 1. The standard InChI is InChI=1S/C22H23FN6O2S2/c1-4-29-19(15-6-5-7-17(12-15)31-3)25-28-22(29,2)32-13-18(30)24-21-27-26-20(33-21)14-8-10-16(23)11-9-14/h5-12,28H,4,13H2,1-3H3,(H,24,27,30). The lowest BCUT2D eigenvalue weighted by molar-refractivity contribution is -0.113. The maximum atomic E-state index is 13.1. The third-order valence-corrected chi connectivity index (χ3v) is 7.20. The fourth-order valence-electron chi connectivity index (χ4n) is 3.37. The summed E-state index contributed by atoms with van der Waals surface area (Å²) in [4.78, 5) is 14.1. The molecule has 0 spiro atoms. The molecular formula is C22H23FN6O2S2. The summed E-state index contributed by atoms with van der Waals surface area (Å²) in [5.74, 6) is 1.22. The molecule has 2 N–H and O–H groups in total. The SMILES string of the molecule is CCN1C(c2cccc(OC)c2)=NNC1(C)SCC(=O)Nc1nnc(-c2ccc(F)cc2)s1. The molecule has 33 heavy (non-hydrogen) atoms. The van der Waals surface area contributed by atoms with Crippen molar-refractivity contribution in [2.24, 2.45) is 5.10 Å². The van der Waals surface area contributed by atoms with Crippen LogP contribution in [0.15, 0.2) is 53.6 Å². The number of rotatable bonds is 8. The van der Waals surface area contributed by atoms with Crippen molar-refractivity contribution in [1.29, 1.82) is 0 Å². The minimum atomic E-state index is -0.592. The van der Waals surface area contributed by atoms with Gasteiger partial charge in [0.2, 0.25) is 11.0 Å². The smallest absolute Gasteiger partial charge is 0.236 e. The van der Waals surface area contributed by atoms with Crippen LogP contribution in [0.2, 0.25) is 0 Å². The number of anilines is 1. The van der Waals surface area contributed by atoms with Crippen LogP contribution in [0.4, 0.5) is 9.52 Å². The lowest BCUT2D eigenvalue weighted by Crippen LogP contribution is -2.49. The van der Waals surface area contributed by atoms with Crippen molar-refractivity contribution in [1.82, 2.24) is 20.5 Å². The highest BCUT2D eigenvalue weighted by atomic mass is 32.2. The lowest BCUT2D eigenvalue weighted by atomic mass is 10.1. The third-order valence-electron chi connectivity index (χ3n) is 5.03. The first kappa shape index (κ1) is 23.0. The number of nitrogens with one attached hydrogen (secondary N) is 2. The monoisotopic (exact) mass is 486 g/mol. The molecule has 2 heterocycles. The predicted octanol–water partition coefficient (Wildman–Crippen LogP) is 3.99. The Morgan fingerprint density at radius 1 is 1.24 bits per heavy atom. The van der Waals surface area contributed by atoms with E-state index in [1.807, 2.05) is 38.1 Å². The van der Waals surface area contributed by atoms with Crippen LogP contribution in [0.5, 0.6) is 5.75 Å². The van der Waals surface area contributed by atoms with Crippen LogP contribution in [0.1, 0.15) is 19.4 Å². The Bertz CT molecular complexity index is 1170. The molecule has 1 atom stereocenters. The van der Waals surface area contributed by atoms with E-state index in [0.29, 0.717) is 16.7 Å². The van der Waals surface area contributed by atoms with E-state index in [0.717, 1.165) is 22.7 Å². The Morgan fingerprint density at radius 2 is 2.03 bits per heavy atom. The number of amides is 1. The second-order valence-electron chi connectivity index (χ2n) is 7.26. The zero-order chi connectivity index (χ0) is 23.4. The molecule has 0 saturated heterocycles. The van der Waals surface area contributed by atoms with Crippen LogP contribution in [0.25, 0.3) is 10.6 Å². The van der Waals surface area contributed by atoms with E-state index in [2.05, 4.69) is 30.9 Å². The summed E-state index contributed by atoms with van der Waals surface area (Å²) in [6.45, 7) is 4.73. The Labute approximate surface area is 199 Å². The van der Waals surface area contributed by atoms with E-state index < -0.39 is 4.99 Å². The van der Waals surface area contributed by atoms with Crippen LogP contribution < -0.4 is 15.5 Å². The second kappa shape index (κ2) is 9.75. The number of aromatic nitrogens is 2. The molecule has 8 nitrogen and oxygen atoms in total. The van der Waals surface area contributed by atoms with Gasteiger partial charge in [0, 0.05) is 17.7 Å². The number of nitrogens with zero attached hydrogens (tertiary/aromatic N) is 4. The molecule has 3 aromatic rings. The van der Waals surface area contributed by atoms with Crippen molar-refractivity contribution in [3.63, 3.8) is 0 Å². The molecule has 1 aliphatic rings. The van der Waals surface area contributed by atoms with Crippen molar-refractivity contribution < 1.29 is 13.9 Å². The van der Waals surface area contributed by atoms with Gasteiger partial charge in [-0.2, -0.15) is 5.10 Å². The van der Waals surface area contributed by atoms with Gasteiger partial charge in [-0.05, 0) is 50.2 Å². The molecule has 0 aliphatic carbocycles. The van der Waals surface area contributed by atoms with Crippen LogP contribution >= 0.6 is 23.1 Å². The molecule has 0 radical (unpaired) electrons. The molecule has 1 unspecified atom stereocenters. The van der Waals surface area contributed by atoms with Crippen molar-refractivity contribution in [2.75, 3.05) is 24.7 Å². The molecule has 0 fully saturated rings. The Kier molecular flexibility index (Phi) is 6.80. The summed E-state index contributed by atoms with van der Waals surface area (Å²) in [6.07, 6.45) is 0. The first-order valence-electron chi connectivity index (χ1n) is 10.2. The van der Waals surface area contributed by atoms with Crippen molar-refractivity contribution >= 4 is 40.0 Å². The Balaban J connectivity index is 1.37. The highest BCUT2D eigenvalue weighted by Crippen LogP contribution is 2.33. The summed E-state index contributed by atoms with van der Waals surface area (Å²) in [5.41, 5.74) is 4.84.